The molecule has 1 fully saturated rings. The zero-order valence-electron chi connectivity index (χ0n) is 38.1. The molecule has 0 spiro atoms. The lowest BCUT2D eigenvalue weighted by Gasteiger charge is -2.40. The van der Waals surface area contributed by atoms with Crippen LogP contribution in [0.2, 0.25) is 0 Å². The van der Waals surface area contributed by atoms with E-state index in [4.69, 9.17) is 9.47 Å². The molecule has 1 rings (SSSR count). The third-order valence-electron chi connectivity index (χ3n) is 10.7. The second kappa shape index (κ2) is 41.1. The second-order valence-corrected chi connectivity index (χ2v) is 16.2. The summed E-state index contributed by atoms with van der Waals surface area (Å²) in [6.07, 6.45) is 52.3. The fourth-order valence-corrected chi connectivity index (χ4v) is 6.84. The molecule has 0 saturated carbocycles. The van der Waals surface area contributed by atoms with Gasteiger partial charge in [-0.2, -0.15) is 0 Å². The fraction of sp³-hybridized carbons (Fsp3) is 0.673. The molecule has 0 aromatic carbocycles. The molecule has 1 saturated heterocycles. The maximum Gasteiger partial charge on any atom is 0.220 e. The Labute approximate surface area is 371 Å². The first-order valence-electron chi connectivity index (χ1n) is 24.0. The van der Waals surface area contributed by atoms with E-state index in [1.54, 1.807) is 6.08 Å². The Morgan fingerprint density at radius 1 is 0.574 bits per heavy atom. The van der Waals surface area contributed by atoms with E-state index >= 15 is 0 Å². The number of amides is 1. The predicted molar refractivity (Wildman–Crippen MR) is 253 cm³/mol. The van der Waals surface area contributed by atoms with Crippen molar-refractivity contribution in [3.8, 4) is 0 Å². The normalized spacial score (nSPS) is 21.3. The van der Waals surface area contributed by atoms with E-state index in [2.05, 4.69) is 104 Å². The van der Waals surface area contributed by atoms with Gasteiger partial charge in [0.2, 0.25) is 5.91 Å². The minimum Gasteiger partial charge on any atom is -0.394 e. The number of hydrogen-bond donors (Lipinski definition) is 6. The molecule has 0 aliphatic carbocycles. The summed E-state index contributed by atoms with van der Waals surface area (Å²) in [6.45, 7) is 3.52. The van der Waals surface area contributed by atoms with E-state index in [0.29, 0.717) is 6.42 Å². The third kappa shape index (κ3) is 31.6. The first-order chi connectivity index (χ1) is 29.8. The van der Waals surface area contributed by atoms with Crippen molar-refractivity contribution in [1.82, 2.24) is 5.32 Å². The summed E-state index contributed by atoms with van der Waals surface area (Å²) >= 11 is 0. The van der Waals surface area contributed by atoms with Crippen molar-refractivity contribution in [2.45, 2.75) is 211 Å². The van der Waals surface area contributed by atoms with Crippen molar-refractivity contribution in [2.75, 3.05) is 13.2 Å². The number of aliphatic hydroxyl groups is 5. The van der Waals surface area contributed by atoms with Gasteiger partial charge >= 0.3 is 0 Å². The molecule has 1 heterocycles. The number of hydrogen-bond acceptors (Lipinski definition) is 8. The quantitative estimate of drug-likeness (QED) is 0.0266. The van der Waals surface area contributed by atoms with Crippen LogP contribution in [-0.2, 0) is 14.3 Å². The molecule has 9 heteroatoms. The molecule has 1 aliphatic heterocycles. The van der Waals surface area contributed by atoms with Crippen molar-refractivity contribution >= 4 is 5.91 Å². The van der Waals surface area contributed by atoms with E-state index in [-0.39, 0.29) is 12.5 Å². The molecule has 348 valence electrons. The number of carbonyl (C=O) groups is 1. The molecule has 1 aliphatic rings. The number of rotatable bonds is 38. The molecule has 61 heavy (non-hydrogen) atoms. The van der Waals surface area contributed by atoms with Crippen LogP contribution in [0, 0.1) is 0 Å². The molecule has 7 atom stereocenters. The highest BCUT2D eigenvalue weighted by Gasteiger charge is 2.44. The topological polar surface area (TPSA) is 149 Å². The zero-order chi connectivity index (χ0) is 44.4. The van der Waals surface area contributed by atoms with E-state index < -0.39 is 49.5 Å². The molecule has 6 N–H and O–H groups in total. The molecule has 0 bridgehead atoms. The number of ether oxygens (including phenoxy) is 2. The van der Waals surface area contributed by atoms with Crippen LogP contribution in [0.4, 0.5) is 0 Å². The molecule has 0 radical (unpaired) electrons. The van der Waals surface area contributed by atoms with Gasteiger partial charge < -0.3 is 40.3 Å². The largest absolute Gasteiger partial charge is 0.394 e. The Balaban J connectivity index is 2.09. The monoisotopic (exact) mass is 854 g/mol. The summed E-state index contributed by atoms with van der Waals surface area (Å²) in [4.78, 5) is 12.9. The van der Waals surface area contributed by atoms with Crippen LogP contribution < -0.4 is 5.32 Å². The van der Waals surface area contributed by atoms with Gasteiger partial charge in [0, 0.05) is 6.42 Å². The molecule has 0 aromatic rings. The van der Waals surface area contributed by atoms with E-state index in [1.807, 2.05) is 6.08 Å². The van der Waals surface area contributed by atoms with Gasteiger partial charge in [-0.05, 0) is 77.0 Å². The van der Waals surface area contributed by atoms with Crippen LogP contribution in [0.1, 0.15) is 168 Å². The summed E-state index contributed by atoms with van der Waals surface area (Å²) in [6, 6.07) is -0.808. The SMILES string of the molecule is CC/C=C\C/C=C\C/C=C\C/C=C\C/C=C\C/C=C\C/C=C\CCCCCCCCCCCCCC(=O)NC(COC1OC(CO)C(O)C(O)C1O)C(O)/C=C/CCCCC. The van der Waals surface area contributed by atoms with Crippen molar-refractivity contribution in [2.24, 2.45) is 0 Å². The van der Waals surface area contributed by atoms with E-state index in [9.17, 15) is 30.3 Å². The summed E-state index contributed by atoms with van der Waals surface area (Å²) in [5.41, 5.74) is 0. The van der Waals surface area contributed by atoms with Crippen LogP contribution in [-0.4, -0.2) is 87.5 Å². The summed E-state index contributed by atoms with van der Waals surface area (Å²) in [5.74, 6) is -0.193. The maximum absolute atomic E-state index is 12.9. The highest BCUT2D eigenvalue weighted by molar-refractivity contribution is 5.76. The van der Waals surface area contributed by atoms with Gasteiger partial charge in [0.25, 0.3) is 0 Å². The van der Waals surface area contributed by atoms with Gasteiger partial charge in [-0.3, -0.25) is 4.79 Å². The minimum atomic E-state index is -1.57. The Morgan fingerprint density at radius 3 is 1.51 bits per heavy atom. The average molecular weight is 854 g/mol. The van der Waals surface area contributed by atoms with Crippen LogP contribution in [0.5, 0.6) is 0 Å². The highest BCUT2D eigenvalue weighted by atomic mass is 16.7. The van der Waals surface area contributed by atoms with Crippen molar-refractivity contribution in [1.29, 1.82) is 0 Å². The number of unbranched alkanes of at least 4 members (excludes halogenated alkanes) is 14. The van der Waals surface area contributed by atoms with E-state index in [0.717, 1.165) is 96.3 Å². The minimum absolute atomic E-state index is 0.193. The highest BCUT2D eigenvalue weighted by Crippen LogP contribution is 2.22. The summed E-state index contributed by atoms with van der Waals surface area (Å²) in [7, 11) is 0. The first kappa shape index (κ1) is 56.1. The maximum atomic E-state index is 12.9. The molecular weight excluding hydrogens is 767 g/mol. The number of carbonyl (C=O) groups excluding carboxylic acids is 1. The lowest BCUT2D eigenvalue weighted by Crippen LogP contribution is -2.60. The van der Waals surface area contributed by atoms with E-state index in [1.165, 1.54) is 51.4 Å². The Bertz CT molecular complexity index is 1270. The van der Waals surface area contributed by atoms with Crippen molar-refractivity contribution < 1.29 is 39.8 Å². The van der Waals surface area contributed by atoms with Crippen molar-refractivity contribution in [3.63, 3.8) is 0 Å². The van der Waals surface area contributed by atoms with Gasteiger partial charge in [0.1, 0.15) is 24.4 Å². The Hall–Kier alpha value is -2.89. The molecular formula is C52H87NO8. The summed E-state index contributed by atoms with van der Waals surface area (Å²) in [5, 5.41) is 53.7. The lowest BCUT2D eigenvalue weighted by molar-refractivity contribution is -0.302. The van der Waals surface area contributed by atoms with Gasteiger partial charge in [-0.25, -0.2) is 0 Å². The second-order valence-electron chi connectivity index (χ2n) is 16.2. The number of allylic oxidation sites excluding steroid dienone is 15. The van der Waals surface area contributed by atoms with Gasteiger partial charge in [0.05, 0.1) is 25.4 Å². The average Bonchev–Trinajstić information content (AvgIpc) is 3.26. The van der Waals surface area contributed by atoms with Gasteiger partial charge in [0.15, 0.2) is 6.29 Å². The molecule has 0 aromatic heterocycles. The molecule has 1 amide bonds. The third-order valence-corrected chi connectivity index (χ3v) is 10.7. The lowest BCUT2D eigenvalue weighted by atomic mass is 9.99. The van der Waals surface area contributed by atoms with Crippen molar-refractivity contribution in [3.05, 3.63) is 97.2 Å². The molecule has 7 unspecified atom stereocenters. The number of nitrogens with one attached hydrogen (secondary N) is 1. The van der Waals surface area contributed by atoms with Gasteiger partial charge in [-0.1, -0.05) is 182 Å². The fourth-order valence-electron chi connectivity index (χ4n) is 6.84. The Morgan fingerprint density at radius 2 is 1.02 bits per heavy atom. The molecule has 9 nitrogen and oxygen atoms in total. The number of aliphatic hydroxyl groups excluding tert-OH is 5. The van der Waals surface area contributed by atoms with Crippen LogP contribution >= 0.6 is 0 Å². The standard InChI is InChI=1S/C52H87NO8/c1-3-5-7-9-10-11-12-13-14-15-16-17-18-19-20-21-22-23-24-25-26-27-28-29-30-31-32-33-34-35-36-38-40-42-48(56)53-45(46(55)41-39-37-8-6-4-2)44-60-52-51(59)50(58)49(57)47(43-54)61-52/h5,7,10-11,13-14,16-17,19-20,22-23,25-26,39,41,45-47,49-52,54-55,57-59H,3-4,6,8-9,12,15,18,21,24,27-38,40,42-44H2,1-2H3,(H,53,56)/b7-5-,11-10-,14-13-,17-16-,20-19-,23-22-,26-25-,41-39+. The van der Waals surface area contributed by atoms with Crippen LogP contribution in [0.25, 0.3) is 0 Å². The smallest absolute Gasteiger partial charge is 0.220 e. The summed E-state index contributed by atoms with van der Waals surface area (Å²) < 4.78 is 11.1. The zero-order valence-corrected chi connectivity index (χ0v) is 38.1. The van der Waals surface area contributed by atoms with Gasteiger partial charge in [-0.15, -0.1) is 0 Å². The van der Waals surface area contributed by atoms with Crippen LogP contribution in [0.3, 0.4) is 0 Å². The Kier molecular flexibility index (Phi) is 37.9. The first-order valence-corrected chi connectivity index (χ1v) is 24.0. The predicted octanol–water partition coefficient (Wildman–Crippen LogP) is 10.5. The van der Waals surface area contributed by atoms with Crippen LogP contribution in [0.15, 0.2) is 97.2 Å².